The van der Waals surface area contributed by atoms with Gasteiger partial charge in [-0.2, -0.15) is 0 Å². The zero-order valence-electron chi connectivity index (χ0n) is 8.02. The maximum atomic E-state index is 10.6. The van der Waals surface area contributed by atoms with Crippen molar-refractivity contribution >= 4 is 29.1 Å². The first-order valence-corrected chi connectivity index (χ1v) is 5.97. The number of ether oxygens (including phenoxy) is 1. The second kappa shape index (κ2) is 5.38. The van der Waals surface area contributed by atoms with Crippen molar-refractivity contribution in [2.75, 3.05) is 12.9 Å². The molecule has 0 aliphatic carbocycles. The smallest absolute Gasteiger partial charge is 0.345 e. The maximum Gasteiger partial charge on any atom is 0.345 e. The Labute approximate surface area is 91.1 Å². The van der Waals surface area contributed by atoms with Crippen LogP contribution in [0.2, 0.25) is 0 Å². The second-order valence-corrected chi connectivity index (χ2v) is 4.81. The lowest BCUT2D eigenvalue weighted by Gasteiger charge is -2.06. The fraction of sp³-hybridized carbons (Fsp3) is 0.444. The molecule has 3 nitrogen and oxygen atoms in total. The van der Waals surface area contributed by atoms with Gasteiger partial charge in [0.1, 0.15) is 4.88 Å². The minimum Gasteiger partial charge on any atom is -0.477 e. The molecular formula is C9H12O3S2. The van der Waals surface area contributed by atoms with Gasteiger partial charge < -0.3 is 9.84 Å². The van der Waals surface area contributed by atoms with Crippen LogP contribution in [0.1, 0.15) is 16.6 Å². The van der Waals surface area contributed by atoms with Gasteiger partial charge in [0.05, 0.1) is 6.10 Å². The minimum atomic E-state index is -0.860. The number of thiophene rings is 1. The Kier molecular flexibility index (Phi) is 4.44. The van der Waals surface area contributed by atoms with E-state index in [-0.39, 0.29) is 6.10 Å². The first kappa shape index (κ1) is 11.6. The summed E-state index contributed by atoms with van der Waals surface area (Å²) in [4.78, 5) is 12.0. The highest BCUT2D eigenvalue weighted by Gasteiger charge is 2.08. The van der Waals surface area contributed by atoms with Crippen LogP contribution in [0.5, 0.6) is 0 Å². The Balaban J connectivity index is 2.48. The van der Waals surface area contributed by atoms with Gasteiger partial charge in [0, 0.05) is 23.1 Å². The van der Waals surface area contributed by atoms with Gasteiger partial charge in [-0.25, -0.2) is 4.79 Å². The highest BCUT2D eigenvalue weighted by Crippen LogP contribution is 2.25. The average Bonchev–Trinajstić information content (AvgIpc) is 2.62. The van der Waals surface area contributed by atoms with E-state index in [1.807, 2.05) is 12.3 Å². The third kappa shape index (κ3) is 3.32. The van der Waals surface area contributed by atoms with E-state index in [0.717, 1.165) is 10.6 Å². The molecule has 1 aromatic rings. The average molecular weight is 232 g/mol. The number of rotatable bonds is 5. The first-order chi connectivity index (χ1) is 6.63. The van der Waals surface area contributed by atoms with Crippen molar-refractivity contribution in [1.29, 1.82) is 0 Å². The van der Waals surface area contributed by atoms with Crippen LogP contribution in [0, 0.1) is 0 Å². The summed E-state index contributed by atoms with van der Waals surface area (Å²) in [6, 6.07) is 1.69. The lowest BCUT2D eigenvalue weighted by Crippen LogP contribution is -2.07. The number of methoxy groups -OCH3 is 1. The molecular weight excluding hydrogens is 220 g/mol. The van der Waals surface area contributed by atoms with Crippen molar-refractivity contribution < 1.29 is 14.6 Å². The van der Waals surface area contributed by atoms with Crippen LogP contribution in [0.15, 0.2) is 16.3 Å². The molecule has 0 amide bonds. The monoisotopic (exact) mass is 232 g/mol. The third-order valence-corrected chi connectivity index (χ3v) is 3.95. The Morgan fingerprint density at radius 3 is 3.00 bits per heavy atom. The molecule has 14 heavy (non-hydrogen) atoms. The molecule has 1 atom stereocenters. The van der Waals surface area contributed by atoms with E-state index in [1.165, 1.54) is 11.3 Å². The van der Waals surface area contributed by atoms with Crippen molar-refractivity contribution in [1.82, 2.24) is 0 Å². The van der Waals surface area contributed by atoms with Crippen LogP contribution in [0.3, 0.4) is 0 Å². The topological polar surface area (TPSA) is 46.5 Å². The van der Waals surface area contributed by atoms with Crippen LogP contribution in [-0.2, 0) is 4.74 Å². The molecule has 1 heterocycles. The third-order valence-electron chi connectivity index (χ3n) is 1.67. The molecule has 78 valence electrons. The summed E-state index contributed by atoms with van der Waals surface area (Å²) < 4.78 is 5.09. The quantitative estimate of drug-likeness (QED) is 0.793. The van der Waals surface area contributed by atoms with Crippen molar-refractivity contribution in [2.45, 2.75) is 17.9 Å². The maximum absolute atomic E-state index is 10.6. The molecule has 0 spiro atoms. The van der Waals surface area contributed by atoms with Gasteiger partial charge in [-0.05, 0) is 13.0 Å². The first-order valence-electron chi connectivity index (χ1n) is 4.11. The van der Waals surface area contributed by atoms with Crippen LogP contribution in [0.25, 0.3) is 0 Å². The van der Waals surface area contributed by atoms with Crippen LogP contribution < -0.4 is 0 Å². The largest absolute Gasteiger partial charge is 0.477 e. The minimum absolute atomic E-state index is 0.188. The van der Waals surface area contributed by atoms with E-state index >= 15 is 0 Å². The van der Waals surface area contributed by atoms with Gasteiger partial charge in [-0.1, -0.05) is 0 Å². The molecule has 0 saturated carbocycles. The van der Waals surface area contributed by atoms with Crippen molar-refractivity contribution in [3.8, 4) is 0 Å². The summed E-state index contributed by atoms with van der Waals surface area (Å²) in [7, 11) is 1.67. The number of carbonyl (C=O) groups is 1. The summed E-state index contributed by atoms with van der Waals surface area (Å²) in [5, 5.41) is 10.6. The van der Waals surface area contributed by atoms with Crippen molar-refractivity contribution in [3.63, 3.8) is 0 Å². The van der Waals surface area contributed by atoms with Gasteiger partial charge in [0.15, 0.2) is 0 Å². The molecule has 1 unspecified atom stereocenters. The van der Waals surface area contributed by atoms with Gasteiger partial charge in [0.2, 0.25) is 0 Å². The van der Waals surface area contributed by atoms with Crippen LogP contribution in [0.4, 0.5) is 0 Å². The Bertz CT molecular complexity index is 309. The molecule has 0 bridgehead atoms. The highest BCUT2D eigenvalue weighted by molar-refractivity contribution is 7.99. The molecule has 0 aliphatic heterocycles. The van der Waals surface area contributed by atoms with E-state index < -0.39 is 5.97 Å². The molecule has 1 rings (SSSR count). The lowest BCUT2D eigenvalue weighted by atomic mass is 10.5. The number of hydrogen-bond donors (Lipinski definition) is 1. The predicted molar refractivity (Wildman–Crippen MR) is 58.5 cm³/mol. The zero-order valence-corrected chi connectivity index (χ0v) is 9.65. The van der Waals surface area contributed by atoms with Crippen molar-refractivity contribution in [3.05, 3.63) is 16.3 Å². The Morgan fingerprint density at radius 2 is 2.50 bits per heavy atom. The van der Waals surface area contributed by atoms with E-state index in [0.29, 0.717) is 4.88 Å². The SMILES string of the molecule is COC(C)CSc1csc(C(=O)O)c1. The molecule has 0 aliphatic rings. The predicted octanol–water partition coefficient (Wildman–Crippen LogP) is 2.57. The van der Waals surface area contributed by atoms with E-state index in [9.17, 15) is 4.79 Å². The Hall–Kier alpha value is -0.520. The highest BCUT2D eigenvalue weighted by atomic mass is 32.2. The van der Waals surface area contributed by atoms with E-state index in [2.05, 4.69) is 0 Å². The number of carboxylic acids is 1. The van der Waals surface area contributed by atoms with Crippen LogP contribution >= 0.6 is 23.1 Å². The molecule has 1 aromatic heterocycles. The fourth-order valence-corrected chi connectivity index (χ4v) is 2.65. The number of aromatic carboxylic acids is 1. The summed E-state index contributed by atoms with van der Waals surface area (Å²) in [6.07, 6.45) is 0.188. The number of thioether (sulfide) groups is 1. The summed E-state index contributed by atoms with van der Waals surface area (Å²) in [5.41, 5.74) is 0. The fourth-order valence-electron chi connectivity index (χ4n) is 0.788. The summed E-state index contributed by atoms with van der Waals surface area (Å²) in [5.74, 6) is -0.0200. The van der Waals surface area contributed by atoms with Crippen LogP contribution in [-0.4, -0.2) is 30.0 Å². The van der Waals surface area contributed by atoms with Gasteiger partial charge >= 0.3 is 5.97 Å². The second-order valence-electron chi connectivity index (χ2n) is 2.81. The van der Waals surface area contributed by atoms with Crippen molar-refractivity contribution in [2.24, 2.45) is 0 Å². The summed E-state index contributed by atoms with van der Waals surface area (Å²) in [6.45, 7) is 1.98. The molecule has 1 N–H and O–H groups in total. The lowest BCUT2D eigenvalue weighted by molar-refractivity contribution is 0.0702. The molecule has 0 saturated heterocycles. The number of carboxylic acid groups (broad SMARTS) is 1. The number of hydrogen-bond acceptors (Lipinski definition) is 4. The molecule has 0 aromatic carbocycles. The van der Waals surface area contributed by atoms with Gasteiger partial charge in [0.25, 0.3) is 0 Å². The molecule has 0 radical (unpaired) electrons. The normalized spacial score (nSPS) is 12.7. The summed E-state index contributed by atoms with van der Waals surface area (Å²) >= 11 is 2.87. The van der Waals surface area contributed by atoms with Gasteiger partial charge in [-0.3, -0.25) is 0 Å². The Morgan fingerprint density at radius 1 is 1.79 bits per heavy atom. The molecule has 5 heteroatoms. The molecule has 0 fully saturated rings. The zero-order chi connectivity index (χ0) is 10.6. The van der Waals surface area contributed by atoms with E-state index in [1.54, 1.807) is 24.9 Å². The van der Waals surface area contributed by atoms with E-state index in [4.69, 9.17) is 9.84 Å². The standard InChI is InChI=1S/C9H12O3S2/c1-6(12-2)4-13-7-3-8(9(10)11)14-5-7/h3,5-6H,4H2,1-2H3,(H,10,11). The van der Waals surface area contributed by atoms with Gasteiger partial charge in [-0.15, -0.1) is 23.1 Å².